The number of carbonyl (C=O) groups excluding carboxylic acids is 9. The number of phenolic OH excluding ortho intramolecular Hbond substituents is 1. The van der Waals surface area contributed by atoms with Crippen LogP contribution >= 0.6 is 0 Å². The number of esters is 5. The highest BCUT2D eigenvalue weighted by Crippen LogP contribution is 2.48. The normalized spacial score (nSPS) is 17.6. The summed E-state index contributed by atoms with van der Waals surface area (Å²) < 4.78 is 97.4. The number of benzene rings is 9. The largest absolute Gasteiger partial charge is 0.508 e. The van der Waals surface area contributed by atoms with Crippen molar-refractivity contribution in [3.8, 4) is 50.3 Å². The number of carbonyl (C=O) groups is 9. The van der Waals surface area contributed by atoms with Gasteiger partial charge in [-0.2, -0.15) is 13.2 Å². The van der Waals surface area contributed by atoms with E-state index in [-0.39, 0.29) is 114 Å². The molecule has 5 unspecified atom stereocenters. The SMILES string of the molecule is CN1C(=O)c2ccc(C(C)(c3ccc4c(c3)C(=O)N(C)C4=O)C(F)(F)F)cc2C1=O.Cc1c(C)c(C)c(C)c(C)c1C.Cc1cc(C(=O)OCC2CO2)cc(-c2cc(C(=O)OCC3CO3)cc(-c3cc(C(=O)OCC4CO4)cc(-c4cc(C(=O)OCC5CO5)cc(-c5cc(C)cc(C(=O)OCC6CO6)c5)c4)c3)c2)c1.Cc1ccc(O)c(C)c1. The molecule has 25 heteroatoms. The first-order valence-corrected chi connectivity index (χ1v) is 38.5. The fourth-order valence-electron chi connectivity index (χ4n) is 13.8. The summed E-state index contributed by atoms with van der Waals surface area (Å²) in [4.78, 5) is 118. The minimum atomic E-state index is -4.80. The Morgan fingerprint density at radius 3 is 0.831 bits per heavy atom. The Balaban J connectivity index is 0.000000191. The van der Waals surface area contributed by atoms with Gasteiger partial charge in [0.1, 0.15) is 74.7 Å². The number of nitrogens with zero attached hydrogens (tertiary/aromatic N) is 2. The number of epoxide rings is 5. The number of aromatic hydroxyl groups is 1. The van der Waals surface area contributed by atoms with Crippen molar-refractivity contribution >= 4 is 53.5 Å². The van der Waals surface area contributed by atoms with E-state index in [2.05, 4.69) is 41.5 Å². The van der Waals surface area contributed by atoms with E-state index in [0.29, 0.717) is 94.4 Å². The number of alkyl halides is 3. The summed E-state index contributed by atoms with van der Waals surface area (Å²) in [5.41, 5.74) is 15.0. The number of hydrogen-bond acceptors (Lipinski definition) is 20. The van der Waals surface area contributed by atoms with Gasteiger partial charge in [0.2, 0.25) is 0 Å². The summed E-state index contributed by atoms with van der Waals surface area (Å²) in [7, 11) is 2.51. The molecule has 7 heterocycles. The lowest BCUT2D eigenvalue weighted by Crippen LogP contribution is -2.41. The lowest BCUT2D eigenvalue weighted by atomic mass is 9.74. The molecule has 0 radical (unpaired) electrons. The van der Waals surface area contributed by atoms with Crippen LogP contribution in [-0.2, 0) is 52.8 Å². The van der Waals surface area contributed by atoms with Crippen LogP contribution in [0.2, 0.25) is 0 Å². The van der Waals surface area contributed by atoms with Crippen LogP contribution in [0.3, 0.4) is 0 Å². The zero-order chi connectivity index (χ0) is 84.7. The first-order valence-electron chi connectivity index (χ1n) is 38.5. The van der Waals surface area contributed by atoms with E-state index in [9.17, 15) is 56.3 Å². The van der Waals surface area contributed by atoms with Gasteiger partial charge in [-0.25, -0.2) is 24.0 Å². The Morgan fingerprint density at radius 2 is 0.593 bits per heavy atom. The lowest BCUT2D eigenvalue weighted by molar-refractivity contribution is -0.173. The maximum absolute atomic E-state index is 14.4. The van der Waals surface area contributed by atoms with Gasteiger partial charge in [-0.1, -0.05) is 42.0 Å². The van der Waals surface area contributed by atoms with Gasteiger partial charge in [-0.05, 0) is 291 Å². The molecule has 16 rings (SSSR count). The standard InChI is InChI=1S/C52H46O15.C21H15F3N2O4.C12H18.C8H10O/c1-28-3-30(10-38(5-28)48(53)63-23-43-18-58-43)32-7-34(14-40(12-32)50(55)65-25-45-20-60-45)36-9-37(17-42(16-36)52(57)67-27-47-22-62-47)35-8-33(13-41(15-35)51(56)66-26-46-21-61-46)31-4-29(2)6-39(11-31)49(54)64-24-44-19-59-44;1-20(21(22,23)24,10-4-6-12-14(8-10)18(29)25(2)16(12)27)11-5-7-13-15(9-11)19(30)26(3)17(13)28;1-7-8(2)10(4)12(6)11(5)9(7)3;1-6-3-4-8(9)7(2)5-6/h3-17,43-47H,18-27H2,1-2H3;4-9H,1-3H3;1-6H3;3-5,9H,1-2H3. The van der Waals surface area contributed by atoms with E-state index < -0.39 is 65.1 Å². The Kier molecular flexibility index (Phi) is 24.4. The number of ether oxygens (including phenoxy) is 10. The van der Waals surface area contributed by atoms with Crippen LogP contribution in [0, 0.1) is 69.2 Å². The third-order valence-electron chi connectivity index (χ3n) is 22.1. The number of fused-ring (bicyclic) bond motifs is 2. The van der Waals surface area contributed by atoms with E-state index >= 15 is 0 Å². The number of hydrogen-bond donors (Lipinski definition) is 1. The first kappa shape index (κ1) is 83.9. The van der Waals surface area contributed by atoms with Crippen molar-refractivity contribution in [3.05, 3.63) is 262 Å². The highest BCUT2D eigenvalue weighted by Gasteiger charge is 2.55. The molecule has 4 amide bonds. The number of imide groups is 2. The summed E-state index contributed by atoms with van der Waals surface area (Å²) in [6.07, 6.45) is -5.56. The third-order valence-corrected chi connectivity index (χ3v) is 22.1. The van der Waals surface area contributed by atoms with E-state index in [0.717, 1.165) is 57.7 Å². The smallest absolute Gasteiger partial charge is 0.402 e. The molecule has 9 aromatic rings. The van der Waals surface area contributed by atoms with E-state index in [1.54, 1.807) is 66.7 Å². The average Bonchev–Trinajstić information content (AvgIpc) is 1.54. The first-order chi connectivity index (χ1) is 56.0. The second kappa shape index (κ2) is 34.3. The van der Waals surface area contributed by atoms with Crippen LogP contribution in [0.4, 0.5) is 13.2 Å². The maximum Gasteiger partial charge on any atom is 0.402 e. The zero-order valence-corrected chi connectivity index (χ0v) is 67.5. The van der Waals surface area contributed by atoms with E-state index in [1.165, 1.54) is 65.2 Å². The topological polar surface area (TPSA) is 289 Å². The minimum Gasteiger partial charge on any atom is -0.508 e. The molecule has 612 valence electrons. The molecular weight excluding hydrogens is 1520 g/mol. The summed E-state index contributed by atoms with van der Waals surface area (Å²) in [6, 6.07) is 38.7. The van der Waals surface area contributed by atoms with Gasteiger partial charge in [0.15, 0.2) is 0 Å². The summed E-state index contributed by atoms with van der Waals surface area (Å²) in [6.45, 7) is 24.9. The molecule has 0 aliphatic carbocycles. The average molecular weight is 1610 g/mol. The molecule has 118 heavy (non-hydrogen) atoms. The number of halogens is 3. The van der Waals surface area contributed by atoms with Crippen molar-refractivity contribution in [3.63, 3.8) is 0 Å². The zero-order valence-electron chi connectivity index (χ0n) is 67.5. The molecule has 0 spiro atoms. The Morgan fingerprint density at radius 1 is 0.347 bits per heavy atom. The number of phenols is 1. The summed E-state index contributed by atoms with van der Waals surface area (Å²) in [5, 5.41) is 9.04. The fraction of sp³-hybridized carbons (Fsp3) is 0.323. The van der Waals surface area contributed by atoms with Crippen LogP contribution in [-0.4, -0.2) is 185 Å². The van der Waals surface area contributed by atoms with E-state index in [1.807, 2.05) is 70.2 Å². The molecule has 7 aliphatic rings. The van der Waals surface area contributed by atoms with Crippen LogP contribution < -0.4 is 0 Å². The Hall–Kier alpha value is -12.0. The molecule has 5 saturated heterocycles. The molecule has 7 aliphatic heterocycles. The van der Waals surface area contributed by atoms with Crippen molar-refractivity contribution in [2.45, 2.75) is 118 Å². The number of aryl methyl sites for hydroxylation is 4. The van der Waals surface area contributed by atoms with E-state index in [4.69, 9.17) is 52.5 Å². The Bertz CT molecular complexity index is 5210. The van der Waals surface area contributed by atoms with Crippen LogP contribution in [0.1, 0.15) is 167 Å². The van der Waals surface area contributed by atoms with Crippen LogP contribution in [0.25, 0.3) is 44.5 Å². The van der Waals surface area contributed by atoms with Gasteiger partial charge in [0.25, 0.3) is 23.6 Å². The molecule has 5 atom stereocenters. The summed E-state index contributed by atoms with van der Waals surface area (Å²) >= 11 is 0. The highest BCUT2D eigenvalue weighted by molar-refractivity contribution is 6.22. The molecule has 1 N–H and O–H groups in total. The van der Waals surface area contributed by atoms with Gasteiger partial charge < -0.3 is 52.5 Å². The van der Waals surface area contributed by atoms with Gasteiger partial charge >= 0.3 is 36.0 Å². The van der Waals surface area contributed by atoms with Gasteiger partial charge in [0.05, 0.1) is 83.1 Å². The molecule has 0 bridgehead atoms. The van der Waals surface area contributed by atoms with Crippen molar-refractivity contribution in [1.29, 1.82) is 0 Å². The van der Waals surface area contributed by atoms with Crippen LogP contribution in [0.5, 0.6) is 5.75 Å². The molecule has 0 saturated carbocycles. The second-order valence-corrected chi connectivity index (χ2v) is 30.9. The molecular formula is C93H89F3N2O20. The third kappa shape index (κ3) is 19.2. The predicted molar refractivity (Wildman–Crippen MR) is 428 cm³/mol. The molecule has 22 nitrogen and oxygen atoms in total. The fourth-order valence-corrected chi connectivity index (χ4v) is 13.8. The van der Waals surface area contributed by atoms with Gasteiger partial charge in [-0.3, -0.25) is 29.0 Å². The lowest BCUT2D eigenvalue weighted by Gasteiger charge is -2.33. The number of amides is 4. The molecule has 5 fully saturated rings. The monoisotopic (exact) mass is 1610 g/mol. The van der Waals surface area contributed by atoms with Crippen molar-refractivity contribution < 1.29 is 109 Å². The van der Waals surface area contributed by atoms with Crippen molar-refractivity contribution in [2.75, 3.05) is 80.2 Å². The Labute approximate surface area is 679 Å². The van der Waals surface area contributed by atoms with Crippen molar-refractivity contribution in [1.82, 2.24) is 9.80 Å². The van der Waals surface area contributed by atoms with Gasteiger partial charge in [0, 0.05) is 14.1 Å². The summed E-state index contributed by atoms with van der Waals surface area (Å²) in [5.74, 6) is -4.97. The molecule has 0 aromatic heterocycles. The van der Waals surface area contributed by atoms with Crippen molar-refractivity contribution in [2.24, 2.45) is 0 Å². The molecule has 9 aromatic carbocycles. The minimum absolute atomic E-state index is 0.0344. The van der Waals surface area contributed by atoms with Crippen LogP contribution in [0.15, 0.2) is 146 Å². The highest BCUT2D eigenvalue weighted by atomic mass is 19.4. The van der Waals surface area contributed by atoms with Gasteiger partial charge in [-0.15, -0.1) is 0 Å². The quantitative estimate of drug-likeness (QED) is 0.0302. The predicted octanol–water partition coefficient (Wildman–Crippen LogP) is 15.3. The second-order valence-electron chi connectivity index (χ2n) is 30.9. The maximum atomic E-state index is 14.4. The number of rotatable bonds is 21.